The first-order chi connectivity index (χ1) is 22.7. The Morgan fingerprint density at radius 1 is 0.696 bits per heavy atom. The van der Waals surface area contributed by atoms with Gasteiger partial charge < -0.3 is 4.74 Å². The molecule has 0 saturated heterocycles. The second-order valence-electron chi connectivity index (χ2n) is 12.5. The summed E-state index contributed by atoms with van der Waals surface area (Å²) in [5.74, 6) is 1.73. The standard InChI is InChI=1S/C39H23N5OS/c1-22-37(23-18-19-34-27(21-23)25-10-3-5-17-33(25)46-34)40-44-30-14-7-16-32-36(30)39(43(22)44)35-29(13-6-15-31(35)45-32)42-28-12-4-2-9-24(28)26-11-8-20-41(39)38(26)42/h2-21H,1H3/q+2. The lowest BCUT2D eigenvalue weighted by atomic mass is 9.84. The summed E-state index contributed by atoms with van der Waals surface area (Å²) in [5.41, 5.74) is 9.19. The molecule has 7 heteroatoms. The van der Waals surface area contributed by atoms with Crippen LogP contribution in [-0.4, -0.2) is 14.5 Å². The van der Waals surface area contributed by atoms with Gasteiger partial charge >= 0.3 is 5.66 Å². The molecule has 1 unspecified atom stereocenters. The van der Waals surface area contributed by atoms with E-state index >= 15 is 0 Å². The number of hydrogen-bond acceptors (Lipinski definition) is 3. The second-order valence-corrected chi connectivity index (χ2v) is 13.6. The Labute approximate surface area is 266 Å². The molecular weight excluding hydrogens is 587 g/mol. The SMILES string of the molecule is Cc1c(-c2ccc3sc4ccccc4c3c2)nn2[n+]1C13c4c(cccc4-n4c5ccccc5c5ccc[n+]1c54)Oc1cccc-2c13. The average molecular weight is 610 g/mol. The molecule has 1 atom stereocenters. The Morgan fingerprint density at radius 2 is 1.43 bits per heavy atom. The van der Waals surface area contributed by atoms with Crippen LogP contribution in [0.3, 0.4) is 0 Å². The summed E-state index contributed by atoms with van der Waals surface area (Å²) in [5, 5.41) is 10.5. The summed E-state index contributed by atoms with van der Waals surface area (Å²) in [6.07, 6.45) is 2.24. The van der Waals surface area contributed by atoms with Crippen LogP contribution in [0.4, 0.5) is 0 Å². The van der Waals surface area contributed by atoms with E-state index in [9.17, 15) is 0 Å². The molecule has 0 fully saturated rings. The van der Waals surface area contributed by atoms with Crippen LogP contribution in [0.25, 0.3) is 64.7 Å². The van der Waals surface area contributed by atoms with Crippen molar-refractivity contribution < 1.29 is 14.0 Å². The van der Waals surface area contributed by atoms with Crippen LogP contribution in [0.2, 0.25) is 0 Å². The summed E-state index contributed by atoms with van der Waals surface area (Å²) >= 11 is 1.84. The van der Waals surface area contributed by atoms with Gasteiger partial charge in [-0.2, -0.15) is 9.13 Å². The van der Waals surface area contributed by atoms with E-state index < -0.39 is 5.66 Å². The number of para-hydroxylation sites is 1. The van der Waals surface area contributed by atoms with Crippen LogP contribution < -0.4 is 14.0 Å². The first-order valence-electron chi connectivity index (χ1n) is 15.6. The van der Waals surface area contributed by atoms with E-state index in [2.05, 4.69) is 147 Å². The molecule has 0 N–H and O–H groups in total. The lowest BCUT2D eigenvalue weighted by molar-refractivity contribution is -0.991. The van der Waals surface area contributed by atoms with Gasteiger partial charge in [-0.15, -0.1) is 11.3 Å². The Balaban J connectivity index is 1.25. The molecule has 3 aliphatic heterocycles. The van der Waals surface area contributed by atoms with Gasteiger partial charge in [0, 0.05) is 38.0 Å². The topological polar surface area (TPSA) is 39.7 Å². The van der Waals surface area contributed by atoms with Crippen molar-refractivity contribution in [2.24, 2.45) is 0 Å². The van der Waals surface area contributed by atoms with Crippen LogP contribution >= 0.6 is 11.3 Å². The first kappa shape index (κ1) is 23.6. The van der Waals surface area contributed by atoms with Crippen molar-refractivity contribution >= 4 is 53.4 Å². The molecule has 5 aromatic carbocycles. The van der Waals surface area contributed by atoms with E-state index in [-0.39, 0.29) is 0 Å². The maximum absolute atomic E-state index is 6.77. The molecule has 7 heterocycles. The van der Waals surface area contributed by atoms with Gasteiger partial charge in [0.2, 0.25) is 0 Å². The fraction of sp³-hybridized carbons (Fsp3) is 0.0513. The summed E-state index contributed by atoms with van der Waals surface area (Å²) in [6, 6.07) is 41.5. The predicted molar refractivity (Wildman–Crippen MR) is 179 cm³/mol. The number of rotatable bonds is 1. The van der Waals surface area contributed by atoms with Crippen LogP contribution in [0.5, 0.6) is 11.5 Å². The molecule has 12 rings (SSSR count). The lowest BCUT2D eigenvalue weighted by Crippen LogP contribution is -2.77. The van der Waals surface area contributed by atoms with Crippen LogP contribution in [-0.2, 0) is 5.66 Å². The van der Waals surface area contributed by atoms with E-state index in [1.54, 1.807) is 0 Å². The zero-order chi connectivity index (χ0) is 29.9. The molecule has 0 amide bonds. The van der Waals surface area contributed by atoms with Gasteiger partial charge in [0.1, 0.15) is 39.5 Å². The molecule has 1 spiro atoms. The summed E-state index contributed by atoms with van der Waals surface area (Å²) in [4.78, 5) is 2.12. The first-order valence-corrected chi connectivity index (χ1v) is 16.4. The molecule has 0 bridgehead atoms. The third-order valence-electron chi connectivity index (χ3n) is 10.3. The van der Waals surface area contributed by atoms with Crippen LogP contribution in [0, 0.1) is 6.92 Å². The maximum atomic E-state index is 6.77. The molecule has 6 nitrogen and oxygen atoms in total. The zero-order valence-electron chi connectivity index (χ0n) is 24.6. The predicted octanol–water partition coefficient (Wildman–Crippen LogP) is 7.92. The van der Waals surface area contributed by atoms with Crippen molar-refractivity contribution in [3.8, 4) is 34.1 Å². The summed E-state index contributed by atoms with van der Waals surface area (Å²) < 4.78 is 16.7. The molecule has 3 aliphatic rings. The number of nitrogens with zero attached hydrogens (tertiary/aromatic N) is 5. The van der Waals surface area contributed by atoms with Crippen molar-refractivity contribution in [3.63, 3.8) is 0 Å². The fourth-order valence-electron chi connectivity index (χ4n) is 8.65. The van der Waals surface area contributed by atoms with Crippen molar-refractivity contribution in [1.82, 2.24) is 14.5 Å². The Bertz CT molecular complexity index is 2870. The highest BCUT2D eigenvalue weighted by Gasteiger charge is 2.67. The largest absolute Gasteiger partial charge is 0.456 e. The molecule has 0 saturated carbocycles. The minimum absolute atomic E-state index is 0.742. The van der Waals surface area contributed by atoms with Gasteiger partial charge in [0.05, 0.1) is 16.7 Å². The molecule has 46 heavy (non-hydrogen) atoms. The van der Waals surface area contributed by atoms with E-state index in [1.807, 2.05) is 11.3 Å². The quantitative estimate of drug-likeness (QED) is 0.178. The third-order valence-corrected chi connectivity index (χ3v) is 11.5. The minimum Gasteiger partial charge on any atom is -0.456 e. The molecule has 214 valence electrons. The van der Waals surface area contributed by atoms with Crippen LogP contribution in [0.15, 0.2) is 121 Å². The van der Waals surface area contributed by atoms with E-state index in [0.717, 1.165) is 56.6 Å². The maximum Gasteiger partial charge on any atom is 0.338 e. The fourth-order valence-corrected chi connectivity index (χ4v) is 9.74. The van der Waals surface area contributed by atoms with Crippen molar-refractivity contribution in [2.45, 2.75) is 12.6 Å². The Morgan fingerprint density at radius 3 is 2.33 bits per heavy atom. The number of ether oxygens (including phenoxy) is 1. The van der Waals surface area contributed by atoms with Crippen molar-refractivity contribution in [1.29, 1.82) is 0 Å². The molecule has 0 aliphatic carbocycles. The number of aromatic nitrogens is 5. The highest BCUT2D eigenvalue weighted by atomic mass is 32.1. The van der Waals surface area contributed by atoms with Crippen molar-refractivity contribution in [2.75, 3.05) is 0 Å². The normalized spacial score (nSPS) is 16.6. The molecule has 4 aromatic heterocycles. The Kier molecular flexibility index (Phi) is 3.95. The minimum atomic E-state index is -0.742. The van der Waals surface area contributed by atoms with Gasteiger partial charge in [-0.1, -0.05) is 47.1 Å². The molecule has 0 radical (unpaired) electrons. The number of hydrogen-bond donors (Lipinski definition) is 0. The molecular formula is C39H23N5OS+2. The highest BCUT2D eigenvalue weighted by Crippen LogP contribution is 2.54. The summed E-state index contributed by atoms with van der Waals surface area (Å²) in [6.45, 7) is 2.22. The van der Waals surface area contributed by atoms with Gasteiger partial charge in [0.15, 0.2) is 5.69 Å². The highest BCUT2D eigenvalue weighted by molar-refractivity contribution is 7.25. The van der Waals surface area contributed by atoms with Crippen molar-refractivity contribution in [3.05, 3.63) is 138 Å². The smallest absolute Gasteiger partial charge is 0.338 e. The number of pyridine rings is 1. The summed E-state index contributed by atoms with van der Waals surface area (Å²) in [7, 11) is 0. The van der Waals surface area contributed by atoms with E-state index in [4.69, 9.17) is 9.84 Å². The van der Waals surface area contributed by atoms with Gasteiger partial charge in [-0.05, 0) is 77.6 Å². The lowest BCUT2D eigenvalue weighted by Gasteiger charge is -2.35. The second kappa shape index (κ2) is 7.70. The molecule has 9 aromatic rings. The van der Waals surface area contributed by atoms with Crippen LogP contribution in [0.1, 0.15) is 16.8 Å². The third kappa shape index (κ3) is 2.44. The number of fused-ring (bicyclic) bond motifs is 9. The van der Waals surface area contributed by atoms with Gasteiger partial charge in [-0.25, -0.2) is 0 Å². The average Bonchev–Trinajstić information content (AvgIpc) is 3.82. The Hall–Kier alpha value is -5.79. The number of benzene rings is 5. The van der Waals surface area contributed by atoms with E-state index in [0.29, 0.717) is 0 Å². The van der Waals surface area contributed by atoms with Gasteiger partial charge in [-0.3, -0.25) is 0 Å². The zero-order valence-corrected chi connectivity index (χ0v) is 25.4. The van der Waals surface area contributed by atoms with E-state index in [1.165, 1.54) is 36.5 Å². The number of thiophene rings is 1. The van der Waals surface area contributed by atoms with Gasteiger partial charge in [0.25, 0.3) is 11.3 Å². The monoisotopic (exact) mass is 609 g/mol.